The van der Waals surface area contributed by atoms with Crippen LogP contribution < -0.4 is 5.32 Å². The predicted molar refractivity (Wildman–Crippen MR) is 35.1 cm³/mol. The van der Waals surface area contributed by atoms with Gasteiger partial charge in [0.25, 0.3) is 0 Å². The fourth-order valence-electron chi connectivity index (χ4n) is 0.844. The van der Waals surface area contributed by atoms with E-state index in [2.05, 4.69) is 5.32 Å². The van der Waals surface area contributed by atoms with Crippen LogP contribution >= 0.6 is 0 Å². The molecule has 0 bridgehead atoms. The molecule has 0 atom stereocenters. The Morgan fingerprint density at radius 2 is 2.56 bits per heavy atom. The second-order valence-corrected chi connectivity index (χ2v) is 2.23. The molecule has 3 nitrogen and oxygen atoms in total. The van der Waals surface area contributed by atoms with Crippen molar-refractivity contribution in [3.8, 4) is 0 Å². The molecule has 1 aliphatic rings. The van der Waals surface area contributed by atoms with Crippen molar-refractivity contribution in [2.45, 2.75) is 6.42 Å². The van der Waals surface area contributed by atoms with E-state index in [1.807, 2.05) is 11.9 Å². The SMILES string of the molecule is CNCCN1CCC1=O. The number of β-lactam (4-membered cyclic amide) rings is 1. The van der Waals surface area contributed by atoms with Crippen LogP contribution in [0.15, 0.2) is 0 Å². The van der Waals surface area contributed by atoms with E-state index >= 15 is 0 Å². The fourth-order valence-corrected chi connectivity index (χ4v) is 0.844. The average molecular weight is 128 g/mol. The number of hydrogen-bond acceptors (Lipinski definition) is 2. The Hall–Kier alpha value is -0.570. The van der Waals surface area contributed by atoms with Gasteiger partial charge in [-0.1, -0.05) is 0 Å². The molecule has 0 spiro atoms. The number of hydrogen-bond donors (Lipinski definition) is 1. The fraction of sp³-hybridized carbons (Fsp3) is 0.833. The summed E-state index contributed by atoms with van der Waals surface area (Å²) in [7, 11) is 1.89. The number of carbonyl (C=O) groups is 1. The zero-order valence-electron chi connectivity index (χ0n) is 5.68. The molecule has 1 fully saturated rings. The van der Waals surface area contributed by atoms with Crippen LogP contribution in [0.5, 0.6) is 0 Å². The zero-order chi connectivity index (χ0) is 6.69. The van der Waals surface area contributed by atoms with E-state index in [9.17, 15) is 4.79 Å². The number of carbonyl (C=O) groups excluding carboxylic acids is 1. The molecule has 1 heterocycles. The first kappa shape index (κ1) is 6.55. The number of rotatable bonds is 3. The number of amides is 1. The van der Waals surface area contributed by atoms with Crippen LogP contribution in [0.1, 0.15) is 6.42 Å². The van der Waals surface area contributed by atoms with Gasteiger partial charge in [0, 0.05) is 26.1 Å². The van der Waals surface area contributed by atoms with Gasteiger partial charge in [-0.25, -0.2) is 0 Å². The first-order chi connectivity index (χ1) is 4.34. The maximum Gasteiger partial charge on any atom is 0.224 e. The van der Waals surface area contributed by atoms with Crippen LogP contribution in [0.3, 0.4) is 0 Å². The first-order valence-electron chi connectivity index (χ1n) is 3.27. The Balaban J connectivity index is 2.06. The molecule has 1 saturated heterocycles. The van der Waals surface area contributed by atoms with Crippen molar-refractivity contribution in [3.05, 3.63) is 0 Å². The Morgan fingerprint density at radius 3 is 2.89 bits per heavy atom. The molecule has 52 valence electrons. The summed E-state index contributed by atoms with van der Waals surface area (Å²) in [4.78, 5) is 12.5. The highest BCUT2D eigenvalue weighted by Crippen LogP contribution is 2.05. The van der Waals surface area contributed by atoms with Crippen LogP contribution in [-0.4, -0.2) is 37.5 Å². The monoisotopic (exact) mass is 128 g/mol. The van der Waals surface area contributed by atoms with Crippen molar-refractivity contribution in [1.29, 1.82) is 0 Å². The molecule has 0 aromatic carbocycles. The summed E-state index contributed by atoms with van der Waals surface area (Å²) < 4.78 is 0. The van der Waals surface area contributed by atoms with E-state index in [4.69, 9.17) is 0 Å². The molecule has 0 radical (unpaired) electrons. The molecule has 0 saturated carbocycles. The Morgan fingerprint density at radius 1 is 1.78 bits per heavy atom. The van der Waals surface area contributed by atoms with E-state index in [-0.39, 0.29) is 0 Å². The lowest BCUT2D eigenvalue weighted by Gasteiger charge is -2.30. The van der Waals surface area contributed by atoms with Gasteiger partial charge in [-0.2, -0.15) is 0 Å². The Bertz CT molecular complexity index is 114. The van der Waals surface area contributed by atoms with Crippen molar-refractivity contribution in [1.82, 2.24) is 10.2 Å². The third kappa shape index (κ3) is 1.42. The number of likely N-dealkylation sites (N-methyl/N-ethyl adjacent to an activating group) is 1. The van der Waals surface area contributed by atoms with Gasteiger partial charge >= 0.3 is 0 Å². The highest BCUT2D eigenvalue weighted by atomic mass is 16.2. The van der Waals surface area contributed by atoms with Crippen LogP contribution in [0.4, 0.5) is 0 Å². The zero-order valence-corrected chi connectivity index (χ0v) is 5.68. The molecular formula is C6H12N2O. The van der Waals surface area contributed by atoms with E-state index in [0.717, 1.165) is 26.1 Å². The van der Waals surface area contributed by atoms with Crippen LogP contribution in [0.2, 0.25) is 0 Å². The first-order valence-corrected chi connectivity index (χ1v) is 3.27. The minimum absolute atomic E-state index is 0.297. The summed E-state index contributed by atoms with van der Waals surface area (Å²) in [5, 5.41) is 2.99. The Labute approximate surface area is 55.0 Å². The summed E-state index contributed by atoms with van der Waals surface area (Å²) in [6.45, 7) is 2.74. The molecule has 0 aromatic rings. The molecule has 0 aliphatic carbocycles. The van der Waals surface area contributed by atoms with E-state index in [1.165, 1.54) is 0 Å². The normalized spacial score (nSPS) is 17.9. The summed E-state index contributed by atoms with van der Waals surface area (Å²) >= 11 is 0. The highest BCUT2D eigenvalue weighted by Gasteiger charge is 2.21. The van der Waals surface area contributed by atoms with Crippen molar-refractivity contribution < 1.29 is 4.79 Å². The number of nitrogens with one attached hydrogen (secondary N) is 1. The van der Waals surface area contributed by atoms with E-state index < -0.39 is 0 Å². The van der Waals surface area contributed by atoms with Crippen molar-refractivity contribution >= 4 is 5.91 Å². The minimum Gasteiger partial charge on any atom is -0.341 e. The van der Waals surface area contributed by atoms with Crippen molar-refractivity contribution in [2.24, 2.45) is 0 Å². The highest BCUT2D eigenvalue weighted by molar-refractivity contribution is 5.81. The lowest BCUT2D eigenvalue weighted by Crippen LogP contribution is -2.46. The number of nitrogens with zero attached hydrogens (tertiary/aromatic N) is 1. The second kappa shape index (κ2) is 2.82. The topological polar surface area (TPSA) is 32.3 Å². The van der Waals surface area contributed by atoms with Crippen LogP contribution in [-0.2, 0) is 4.79 Å². The molecule has 0 unspecified atom stereocenters. The van der Waals surface area contributed by atoms with Gasteiger partial charge in [-0.3, -0.25) is 4.79 Å². The van der Waals surface area contributed by atoms with Gasteiger partial charge in [-0.15, -0.1) is 0 Å². The average Bonchev–Trinajstić information content (AvgIpc) is 1.86. The molecule has 0 aromatic heterocycles. The van der Waals surface area contributed by atoms with Crippen molar-refractivity contribution in [2.75, 3.05) is 26.7 Å². The van der Waals surface area contributed by atoms with Gasteiger partial charge < -0.3 is 10.2 Å². The maximum absolute atomic E-state index is 10.6. The molecule has 9 heavy (non-hydrogen) atoms. The largest absolute Gasteiger partial charge is 0.341 e. The standard InChI is InChI=1S/C6H12N2O/c1-7-3-5-8-4-2-6(8)9/h7H,2-5H2,1H3. The lowest BCUT2D eigenvalue weighted by atomic mass is 10.2. The van der Waals surface area contributed by atoms with Gasteiger partial charge in [0.1, 0.15) is 0 Å². The summed E-state index contributed by atoms with van der Waals surface area (Å²) in [5.74, 6) is 0.297. The predicted octanol–water partition coefficient (Wildman–Crippen LogP) is -0.562. The second-order valence-electron chi connectivity index (χ2n) is 2.23. The minimum atomic E-state index is 0.297. The lowest BCUT2D eigenvalue weighted by molar-refractivity contribution is -0.139. The van der Waals surface area contributed by atoms with Crippen molar-refractivity contribution in [3.63, 3.8) is 0 Å². The third-order valence-corrected chi connectivity index (χ3v) is 1.58. The summed E-state index contributed by atoms with van der Waals surface area (Å²) in [6.07, 6.45) is 0.754. The van der Waals surface area contributed by atoms with Gasteiger partial charge in [0.2, 0.25) is 5.91 Å². The molecule has 1 aliphatic heterocycles. The molecule has 1 rings (SSSR count). The van der Waals surface area contributed by atoms with Gasteiger partial charge in [-0.05, 0) is 7.05 Å². The Kier molecular flexibility index (Phi) is 2.05. The van der Waals surface area contributed by atoms with E-state index in [0.29, 0.717) is 5.91 Å². The smallest absolute Gasteiger partial charge is 0.224 e. The third-order valence-electron chi connectivity index (χ3n) is 1.58. The molecule has 1 amide bonds. The summed E-state index contributed by atoms with van der Waals surface area (Å²) in [6, 6.07) is 0. The maximum atomic E-state index is 10.6. The number of likely N-dealkylation sites (tertiary alicyclic amines) is 1. The van der Waals surface area contributed by atoms with Crippen LogP contribution in [0, 0.1) is 0 Å². The molecule has 3 heteroatoms. The molecular weight excluding hydrogens is 116 g/mol. The molecule has 1 N–H and O–H groups in total. The van der Waals surface area contributed by atoms with Gasteiger partial charge in [0.15, 0.2) is 0 Å². The quantitative estimate of drug-likeness (QED) is 0.517. The van der Waals surface area contributed by atoms with E-state index in [1.54, 1.807) is 0 Å². The summed E-state index contributed by atoms with van der Waals surface area (Å²) in [5.41, 5.74) is 0. The van der Waals surface area contributed by atoms with Gasteiger partial charge in [0.05, 0.1) is 0 Å². The van der Waals surface area contributed by atoms with Crippen LogP contribution in [0.25, 0.3) is 0 Å².